The molecule has 1 heterocycles. The van der Waals surface area contributed by atoms with Crippen molar-refractivity contribution in [3.8, 4) is 0 Å². The molecule has 3 nitrogen and oxygen atoms in total. The zero-order chi connectivity index (χ0) is 10.9. The molecule has 2 aliphatic rings. The maximum Gasteiger partial charge on any atom is 0.321 e. The van der Waals surface area contributed by atoms with Crippen molar-refractivity contribution in [1.82, 2.24) is 5.32 Å². The van der Waals surface area contributed by atoms with Crippen LogP contribution in [0.2, 0.25) is 0 Å². The summed E-state index contributed by atoms with van der Waals surface area (Å²) in [6.45, 7) is 2.18. The van der Waals surface area contributed by atoms with Gasteiger partial charge in [0.25, 0.3) is 0 Å². The van der Waals surface area contributed by atoms with E-state index in [0.717, 1.165) is 0 Å². The highest BCUT2D eigenvalue weighted by atomic mass is 32.2. The zero-order valence-electron chi connectivity index (χ0n) is 9.16. The van der Waals surface area contributed by atoms with E-state index in [-0.39, 0.29) is 10.9 Å². The lowest BCUT2D eigenvalue weighted by molar-refractivity contribution is -0.139. The molecule has 0 bridgehead atoms. The number of hydrogen-bond acceptors (Lipinski definition) is 3. The van der Waals surface area contributed by atoms with Crippen molar-refractivity contribution in [1.29, 1.82) is 0 Å². The highest BCUT2D eigenvalue weighted by Gasteiger charge is 2.43. The minimum atomic E-state index is -0.706. The molecule has 0 radical (unpaired) electrons. The fourth-order valence-corrected chi connectivity index (χ4v) is 4.14. The second kappa shape index (κ2) is 4.34. The Kier molecular flexibility index (Phi) is 3.26. The van der Waals surface area contributed by atoms with E-state index in [1.54, 1.807) is 11.8 Å². The third-order valence-electron chi connectivity index (χ3n) is 3.69. The van der Waals surface area contributed by atoms with Gasteiger partial charge < -0.3 is 5.11 Å². The Morgan fingerprint density at radius 2 is 2.07 bits per heavy atom. The molecule has 2 rings (SSSR count). The first-order chi connectivity index (χ1) is 7.12. The van der Waals surface area contributed by atoms with Crippen molar-refractivity contribution >= 4 is 17.7 Å². The molecule has 0 spiro atoms. The molecular weight excluding hydrogens is 210 g/mol. The van der Waals surface area contributed by atoms with Gasteiger partial charge in [0.05, 0.1) is 4.87 Å². The summed E-state index contributed by atoms with van der Waals surface area (Å²) in [5, 5.41) is 12.3. The second-order valence-corrected chi connectivity index (χ2v) is 6.26. The van der Waals surface area contributed by atoms with Crippen LogP contribution < -0.4 is 5.32 Å². The van der Waals surface area contributed by atoms with E-state index in [9.17, 15) is 4.79 Å². The van der Waals surface area contributed by atoms with Crippen LogP contribution in [0, 0.1) is 5.92 Å². The fourth-order valence-electron chi connectivity index (χ4n) is 2.71. The predicted octanol–water partition coefficient (Wildman–Crippen LogP) is 2.07. The third-order valence-corrected chi connectivity index (χ3v) is 5.24. The van der Waals surface area contributed by atoms with Crippen molar-refractivity contribution in [3.05, 3.63) is 0 Å². The van der Waals surface area contributed by atoms with E-state index in [2.05, 4.69) is 12.2 Å². The van der Waals surface area contributed by atoms with Gasteiger partial charge in [0.1, 0.15) is 6.04 Å². The van der Waals surface area contributed by atoms with Gasteiger partial charge in [-0.25, -0.2) is 0 Å². The second-order valence-electron chi connectivity index (χ2n) is 4.79. The van der Waals surface area contributed by atoms with Gasteiger partial charge in [-0.3, -0.25) is 10.1 Å². The fraction of sp³-hybridized carbons (Fsp3) is 0.909. The van der Waals surface area contributed by atoms with Crippen LogP contribution >= 0.6 is 11.8 Å². The molecule has 1 aliphatic heterocycles. The van der Waals surface area contributed by atoms with E-state index >= 15 is 0 Å². The monoisotopic (exact) mass is 229 g/mol. The molecule has 1 aliphatic carbocycles. The van der Waals surface area contributed by atoms with E-state index in [4.69, 9.17) is 5.11 Å². The van der Waals surface area contributed by atoms with Crippen LogP contribution in [0.3, 0.4) is 0 Å². The molecule has 2 atom stereocenters. The smallest absolute Gasteiger partial charge is 0.321 e. The average molecular weight is 229 g/mol. The van der Waals surface area contributed by atoms with Gasteiger partial charge in [-0.05, 0) is 25.7 Å². The van der Waals surface area contributed by atoms with Crippen LogP contribution in [-0.2, 0) is 4.79 Å². The Morgan fingerprint density at radius 1 is 1.40 bits per heavy atom. The Bertz CT molecular complexity index is 253. The number of nitrogens with one attached hydrogen (secondary N) is 1. The molecule has 0 amide bonds. The first kappa shape index (κ1) is 11.3. The van der Waals surface area contributed by atoms with Crippen LogP contribution in [0.1, 0.15) is 39.0 Å². The highest BCUT2D eigenvalue weighted by molar-refractivity contribution is 8.00. The van der Waals surface area contributed by atoms with Crippen molar-refractivity contribution < 1.29 is 9.90 Å². The van der Waals surface area contributed by atoms with Gasteiger partial charge in [0.2, 0.25) is 0 Å². The van der Waals surface area contributed by atoms with Gasteiger partial charge in [0.15, 0.2) is 0 Å². The first-order valence-electron chi connectivity index (χ1n) is 5.76. The summed E-state index contributed by atoms with van der Waals surface area (Å²) in [5.41, 5.74) is 0. The zero-order valence-corrected chi connectivity index (χ0v) is 9.98. The van der Waals surface area contributed by atoms with Gasteiger partial charge in [-0.2, -0.15) is 0 Å². The molecule has 0 aromatic heterocycles. The standard InChI is InChI=1S/C11H19NO2S/c1-11(8-5-3-2-4-6-8)12-9(7-15-11)10(13)14/h8-9,12H,2-7H2,1H3,(H,13,14)/t9-,11?/m0/s1. The molecule has 1 saturated carbocycles. The molecule has 2 N–H and O–H groups in total. The van der Waals surface area contributed by atoms with Crippen LogP contribution in [0.5, 0.6) is 0 Å². The maximum atomic E-state index is 10.9. The number of thioether (sulfide) groups is 1. The minimum absolute atomic E-state index is 0.00345. The summed E-state index contributed by atoms with van der Waals surface area (Å²) in [4.78, 5) is 10.9. The van der Waals surface area contributed by atoms with Crippen molar-refractivity contribution in [2.45, 2.75) is 49.9 Å². The Morgan fingerprint density at radius 3 is 2.60 bits per heavy atom. The highest BCUT2D eigenvalue weighted by Crippen LogP contribution is 2.43. The molecule has 86 valence electrons. The predicted molar refractivity (Wildman–Crippen MR) is 62.0 cm³/mol. The molecule has 4 heteroatoms. The van der Waals surface area contributed by atoms with Crippen molar-refractivity contribution in [2.75, 3.05) is 5.75 Å². The molecule has 15 heavy (non-hydrogen) atoms. The lowest BCUT2D eigenvalue weighted by atomic mass is 9.84. The molecule has 1 saturated heterocycles. The van der Waals surface area contributed by atoms with E-state index in [1.165, 1.54) is 32.1 Å². The Hall–Kier alpha value is -0.220. The largest absolute Gasteiger partial charge is 0.480 e. The number of hydrogen-bond donors (Lipinski definition) is 2. The molecule has 2 fully saturated rings. The normalized spacial score (nSPS) is 38.1. The Balaban J connectivity index is 1.98. The molecule has 1 unspecified atom stereocenters. The molecule has 0 aromatic carbocycles. The number of carboxylic acids is 1. The van der Waals surface area contributed by atoms with Crippen molar-refractivity contribution in [3.63, 3.8) is 0 Å². The summed E-state index contributed by atoms with van der Waals surface area (Å²) in [5.74, 6) is 0.658. The van der Waals surface area contributed by atoms with Crippen LogP contribution in [0.25, 0.3) is 0 Å². The van der Waals surface area contributed by atoms with E-state index < -0.39 is 5.97 Å². The lowest BCUT2D eigenvalue weighted by Gasteiger charge is -2.36. The summed E-state index contributed by atoms with van der Waals surface area (Å²) < 4.78 is 0. The number of carboxylic acid groups (broad SMARTS) is 1. The topological polar surface area (TPSA) is 49.3 Å². The van der Waals surface area contributed by atoms with Gasteiger partial charge in [-0.15, -0.1) is 11.8 Å². The van der Waals surface area contributed by atoms with E-state index in [0.29, 0.717) is 11.7 Å². The van der Waals surface area contributed by atoms with Gasteiger partial charge in [0, 0.05) is 5.75 Å². The SMILES string of the molecule is CC1(C2CCCCC2)N[C@H](C(=O)O)CS1. The number of aliphatic carboxylic acids is 1. The Labute approximate surface area is 95.0 Å². The number of rotatable bonds is 2. The minimum Gasteiger partial charge on any atom is -0.480 e. The summed E-state index contributed by atoms with van der Waals surface area (Å²) in [6.07, 6.45) is 6.46. The quantitative estimate of drug-likeness (QED) is 0.761. The number of carbonyl (C=O) groups is 1. The summed E-state index contributed by atoms with van der Waals surface area (Å²) in [7, 11) is 0. The molecule has 0 aromatic rings. The van der Waals surface area contributed by atoms with E-state index in [1.807, 2.05) is 0 Å². The van der Waals surface area contributed by atoms with Crippen LogP contribution in [0.4, 0.5) is 0 Å². The third kappa shape index (κ3) is 2.31. The van der Waals surface area contributed by atoms with Crippen LogP contribution in [0.15, 0.2) is 0 Å². The van der Waals surface area contributed by atoms with Gasteiger partial charge in [-0.1, -0.05) is 19.3 Å². The summed E-state index contributed by atoms with van der Waals surface area (Å²) >= 11 is 1.80. The lowest BCUT2D eigenvalue weighted by Crippen LogP contribution is -2.48. The average Bonchev–Trinajstić information content (AvgIpc) is 2.64. The first-order valence-corrected chi connectivity index (χ1v) is 6.75. The van der Waals surface area contributed by atoms with Gasteiger partial charge >= 0.3 is 5.97 Å². The van der Waals surface area contributed by atoms with Crippen molar-refractivity contribution in [2.24, 2.45) is 5.92 Å². The summed E-state index contributed by atoms with van der Waals surface area (Å²) in [6, 6.07) is -0.345. The van der Waals surface area contributed by atoms with Crippen LogP contribution in [-0.4, -0.2) is 27.7 Å². The maximum absolute atomic E-state index is 10.9. The molecular formula is C11H19NO2S.